The molecule has 2 amide bonds. The molecule has 1 unspecified atom stereocenters. The highest BCUT2D eigenvalue weighted by molar-refractivity contribution is 9.10. The van der Waals surface area contributed by atoms with Gasteiger partial charge in [-0.3, -0.25) is 9.59 Å². The van der Waals surface area contributed by atoms with Gasteiger partial charge in [0.25, 0.3) is 0 Å². The van der Waals surface area contributed by atoms with E-state index in [1.165, 1.54) is 0 Å². The topological polar surface area (TPSA) is 49.4 Å². The number of carbonyl (C=O) groups is 2. The van der Waals surface area contributed by atoms with Crippen LogP contribution in [0.25, 0.3) is 0 Å². The molecule has 1 aliphatic heterocycles. The number of nitrogens with one attached hydrogen (secondary N) is 1. The van der Waals surface area contributed by atoms with Gasteiger partial charge in [-0.1, -0.05) is 51.5 Å². The van der Waals surface area contributed by atoms with Crippen molar-refractivity contribution in [2.75, 3.05) is 18.0 Å². The molecule has 1 heterocycles. The minimum Gasteiger partial charge on any atom is -0.345 e. The van der Waals surface area contributed by atoms with Crippen LogP contribution in [-0.4, -0.2) is 24.9 Å². The third kappa shape index (κ3) is 4.66. The van der Waals surface area contributed by atoms with Crippen LogP contribution in [0.3, 0.4) is 0 Å². The number of hydrogen-bond acceptors (Lipinski definition) is 2. The molecule has 1 saturated heterocycles. The third-order valence-electron chi connectivity index (χ3n) is 4.02. The van der Waals surface area contributed by atoms with E-state index in [4.69, 9.17) is 11.6 Å². The second-order valence-corrected chi connectivity index (χ2v) is 7.27. The maximum Gasteiger partial charge on any atom is 0.227 e. The van der Waals surface area contributed by atoms with Gasteiger partial charge in [0.15, 0.2) is 0 Å². The summed E-state index contributed by atoms with van der Waals surface area (Å²) in [5.41, 5.74) is 1.59. The minimum atomic E-state index is -0.366. The molecule has 1 N–H and O–H groups in total. The highest BCUT2D eigenvalue weighted by Crippen LogP contribution is 2.27. The van der Waals surface area contributed by atoms with Crippen molar-refractivity contribution in [1.29, 1.82) is 0 Å². The molecule has 2 aromatic rings. The van der Waals surface area contributed by atoms with Gasteiger partial charge in [0, 0.05) is 33.7 Å². The lowest BCUT2D eigenvalue weighted by atomic mass is 10.1. The van der Waals surface area contributed by atoms with Crippen LogP contribution in [0.1, 0.15) is 12.0 Å². The molecule has 0 aliphatic carbocycles. The Morgan fingerprint density at radius 2 is 2.08 bits per heavy atom. The zero-order valence-corrected chi connectivity index (χ0v) is 16.2. The minimum absolute atomic E-state index is 0.0479. The molecule has 26 heavy (non-hydrogen) atoms. The van der Waals surface area contributed by atoms with Crippen molar-refractivity contribution in [3.63, 3.8) is 0 Å². The highest BCUT2D eigenvalue weighted by atomic mass is 79.9. The van der Waals surface area contributed by atoms with E-state index >= 15 is 0 Å². The Hall–Kier alpha value is -2.29. The van der Waals surface area contributed by atoms with Crippen LogP contribution in [0.2, 0.25) is 5.02 Å². The molecule has 132 valence electrons. The smallest absolute Gasteiger partial charge is 0.227 e. The summed E-state index contributed by atoms with van der Waals surface area (Å²) < 4.78 is 0.895. The first-order chi connectivity index (χ1) is 12.5. The van der Waals surface area contributed by atoms with Gasteiger partial charge in [-0.05, 0) is 36.4 Å². The summed E-state index contributed by atoms with van der Waals surface area (Å²) in [5.74, 6) is 5.28. The van der Waals surface area contributed by atoms with Gasteiger partial charge in [-0.2, -0.15) is 0 Å². The lowest BCUT2D eigenvalue weighted by Gasteiger charge is -2.16. The van der Waals surface area contributed by atoms with Gasteiger partial charge < -0.3 is 10.2 Å². The number of nitrogens with zero attached hydrogens (tertiary/aromatic N) is 1. The largest absolute Gasteiger partial charge is 0.345 e. The zero-order valence-electron chi connectivity index (χ0n) is 13.8. The van der Waals surface area contributed by atoms with Gasteiger partial charge >= 0.3 is 0 Å². The molecule has 1 fully saturated rings. The number of rotatable bonds is 3. The van der Waals surface area contributed by atoms with E-state index in [0.717, 1.165) is 15.7 Å². The highest BCUT2D eigenvalue weighted by Gasteiger charge is 2.34. The van der Waals surface area contributed by atoms with Crippen LogP contribution in [0, 0.1) is 17.8 Å². The molecule has 6 heteroatoms. The van der Waals surface area contributed by atoms with Crippen LogP contribution < -0.4 is 10.2 Å². The number of halogens is 2. The van der Waals surface area contributed by atoms with Crippen LogP contribution >= 0.6 is 27.5 Å². The molecule has 0 radical (unpaired) electrons. The van der Waals surface area contributed by atoms with E-state index in [2.05, 4.69) is 33.1 Å². The lowest BCUT2D eigenvalue weighted by Crippen LogP contribution is -2.33. The Bertz CT molecular complexity index is 904. The summed E-state index contributed by atoms with van der Waals surface area (Å²) in [7, 11) is 0. The van der Waals surface area contributed by atoms with Crippen molar-refractivity contribution < 1.29 is 9.59 Å². The molecule has 0 spiro atoms. The molecular formula is C20H16BrClN2O2. The summed E-state index contributed by atoms with van der Waals surface area (Å²) in [6.07, 6.45) is 0.208. The van der Waals surface area contributed by atoms with Crippen LogP contribution in [0.15, 0.2) is 53.0 Å². The monoisotopic (exact) mass is 430 g/mol. The van der Waals surface area contributed by atoms with Crippen molar-refractivity contribution in [3.8, 4) is 11.8 Å². The third-order valence-corrected chi connectivity index (χ3v) is 4.75. The summed E-state index contributed by atoms with van der Waals surface area (Å²) >= 11 is 9.30. The van der Waals surface area contributed by atoms with E-state index in [1.54, 1.807) is 17.0 Å². The molecule has 0 aromatic heterocycles. The van der Waals surface area contributed by atoms with Crippen LogP contribution in [0.5, 0.6) is 0 Å². The maximum absolute atomic E-state index is 12.3. The van der Waals surface area contributed by atoms with Crippen molar-refractivity contribution in [2.45, 2.75) is 6.42 Å². The average Bonchev–Trinajstić information content (AvgIpc) is 3.00. The average molecular weight is 432 g/mol. The Morgan fingerprint density at radius 1 is 1.27 bits per heavy atom. The molecule has 0 bridgehead atoms. The molecule has 2 aromatic carbocycles. The van der Waals surface area contributed by atoms with Crippen molar-refractivity contribution >= 4 is 45.0 Å². The number of hydrogen-bond donors (Lipinski definition) is 1. The fourth-order valence-corrected chi connectivity index (χ4v) is 3.34. The number of anilines is 1. The second kappa shape index (κ2) is 8.39. The molecule has 0 saturated carbocycles. The summed E-state index contributed by atoms with van der Waals surface area (Å²) in [6.45, 7) is 0.607. The van der Waals surface area contributed by atoms with Crippen LogP contribution in [-0.2, 0) is 9.59 Å². The van der Waals surface area contributed by atoms with E-state index in [1.807, 2.05) is 36.4 Å². The number of benzene rings is 2. The predicted molar refractivity (Wildman–Crippen MR) is 106 cm³/mol. The first kappa shape index (κ1) is 18.5. The van der Waals surface area contributed by atoms with E-state index in [-0.39, 0.29) is 30.7 Å². The van der Waals surface area contributed by atoms with Crippen molar-refractivity contribution in [3.05, 3.63) is 63.6 Å². The van der Waals surface area contributed by atoms with Crippen molar-refractivity contribution in [2.24, 2.45) is 5.92 Å². The SMILES string of the molecule is O=C(NCC#Cc1cccc(Cl)c1)C1CC(=O)N(c2cccc(Br)c2)C1. The number of amides is 2. The predicted octanol–water partition coefficient (Wildman–Crippen LogP) is 3.62. The van der Waals surface area contributed by atoms with E-state index in [9.17, 15) is 9.59 Å². The maximum atomic E-state index is 12.3. The second-order valence-electron chi connectivity index (χ2n) is 5.92. The standard InChI is InChI=1S/C20H16BrClN2O2/c21-16-6-2-8-18(12-16)24-13-15(11-19(24)25)20(26)23-9-3-5-14-4-1-7-17(22)10-14/h1-2,4,6-8,10,12,15H,9,11,13H2,(H,23,26). The first-order valence-electron chi connectivity index (χ1n) is 8.11. The Morgan fingerprint density at radius 3 is 2.85 bits per heavy atom. The van der Waals surface area contributed by atoms with Gasteiger partial charge in [0.05, 0.1) is 12.5 Å². The van der Waals surface area contributed by atoms with Crippen molar-refractivity contribution in [1.82, 2.24) is 5.32 Å². The Labute approximate surface area is 165 Å². The quantitative estimate of drug-likeness (QED) is 0.755. The van der Waals surface area contributed by atoms with Gasteiger partial charge in [-0.25, -0.2) is 0 Å². The zero-order chi connectivity index (χ0) is 18.5. The van der Waals surface area contributed by atoms with Gasteiger partial charge in [-0.15, -0.1) is 0 Å². The first-order valence-corrected chi connectivity index (χ1v) is 9.28. The van der Waals surface area contributed by atoms with Gasteiger partial charge in [0.1, 0.15) is 0 Å². The fraction of sp³-hybridized carbons (Fsp3) is 0.200. The van der Waals surface area contributed by atoms with Gasteiger partial charge in [0.2, 0.25) is 11.8 Å². The number of carbonyl (C=O) groups excluding carboxylic acids is 2. The van der Waals surface area contributed by atoms with Crippen LogP contribution in [0.4, 0.5) is 5.69 Å². The molecule has 1 aliphatic rings. The van der Waals surface area contributed by atoms with E-state index in [0.29, 0.717) is 11.6 Å². The molecule has 3 rings (SSSR count). The molecular weight excluding hydrogens is 416 g/mol. The summed E-state index contributed by atoms with van der Waals surface area (Å²) in [4.78, 5) is 26.2. The fourth-order valence-electron chi connectivity index (χ4n) is 2.76. The summed E-state index contributed by atoms with van der Waals surface area (Å²) in [5, 5.41) is 3.40. The summed E-state index contributed by atoms with van der Waals surface area (Å²) in [6, 6.07) is 14.7. The normalized spacial score (nSPS) is 16.2. The molecule has 4 nitrogen and oxygen atoms in total. The Balaban J connectivity index is 1.55. The molecule has 1 atom stereocenters. The Kier molecular flexibility index (Phi) is 5.97. The van der Waals surface area contributed by atoms with E-state index < -0.39 is 0 Å². The lowest BCUT2D eigenvalue weighted by molar-refractivity contribution is -0.126.